The van der Waals surface area contributed by atoms with Crippen molar-refractivity contribution in [2.75, 3.05) is 11.9 Å². The molecule has 86 valence electrons. The monoisotopic (exact) mass is 207 g/mol. The highest BCUT2D eigenvalue weighted by Crippen LogP contribution is 2.17. The minimum atomic E-state index is 1.21. The Morgan fingerprint density at radius 1 is 1.07 bits per heavy atom. The molecule has 15 heavy (non-hydrogen) atoms. The average Bonchev–Trinajstić information content (AvgIpc) is 2.34. The van der Waals surface area contributed by atoms with Gasteiger partial charge in [0.2, 0.25) is 0 Å². The Morgan fingerprint density at radius 3 is 1.93 bits per heavy atom. The number of para-hydroxylation sites is 1. The van der Waals surface area contributed by atoms with Crippen molar-refractivity contribution in [2.45, 2.75) is 34.6 Å². The maximum Gasteiger partial charge on any atom is 0.0432 e. The van der Waals surface area contributed by atoms with E-state index in [0.29, 0.717) is 0 Å². The normalized spacial score (nSPS) is 7.60. The predicted octanol–water partition coefficient (Wildman–Crippen LogP) is 4.63. The van der Waals surface area contributed by atoms with Crippen LogP contribution in [0.3, 0.4) is 0 Å². The van der Waals surface area contributed by atoms with Gasteiger partial charge in [0.25, 0.3) is 0 Å². The summed E-state index contributed by atoms with van der Waals surface area (Å²) in [5.74, 6) is 0. The molecule has 1 rings (SSSR count). The molecule has 0 radical (unpaired) electrons. The molecule has 0 N–H and O–H groups in total. The molecule has 0 unspecified atom stereocenters. The minimum absolute atomic E-state index is 1.21. The molecule has 0 aliphatic heterocycles. The molecule has 0 aliphatic carbocycles. The van der Waals surface area contributed by atoms with Gasteiger partial charge in [-0.25, -0.2) is 0 Å². The number of anilines is 1. The number of hydrogen-bond acceptors (Lipinski definition) is 1. The van der Waals surface area contributed by atoms with Crippen molar-refractivity contribution in [1.29, 1.82) is 0 Å². The zero-order chi connectivity index (χ0) is 12.3. The van der Waals surface area contributed by atoms with Gasteiger partial charge < -0.3 is 4.90 Å². The van der Waals surface area contributed by atoms with Crippen molar-refractivity contribution in [3.63, 3.8) is 0 Å². The van der Waals surface area contributed by atoms with Gasteiger partial charge in [0.15, 0.2) is 0 Å². The number of hydrogen-bond donors (Lipinski definition) is 0. The molecule has 0 heterocycles. The van der Waals surface area contributed by atoms with Gasteiger partial charge >= 0.3 is 0 Å². The fourth-order valence-corrected chi connectivity index (χ4v) is 1.06. The van der Waals surface area contributed by atoms with Crippen LogP contribution in [-0.4, -0.2) is 7.05 Å². The highest BCUT2D eigenvalue weighted by Gasteiger charge is 1.97. The van der Waals surface area contributed by atoms with E-state index >= 15 is 0 Å². The third-order valence-electron chi connectivity index (χ3n) is 1.77. The Hall–Kier alpha value is -1.24. The highest BCUT2D eigenvalue weighted by molar-refractivity contribution is 5.53. The SMILES string of the molecule is C=CN(C)c1ccccc1C.CC.CC. The summed E-state index contributed by atoms with van der Waals surface area (Å²) in [6.45, 7) is 13.8. The van der Waals surface area contributed by atoms with Crippen LogP contribution in [0.4, 0.5) is 5.69 Å². The molecule has 0 aliphatic rings. The van der Waals surface area contributed by atoms with E-state index in [1.54, 1.807) is 0 Å². The number of aryl methyl sites for hydroxylation is 1. The van der Waals surface area contributed by atoms with Crippen LogP contribution in [0.25, 0.3) is 0 Å². The van der Waals surface area contributed by atoms with E-state index in [-0.39, 0.29) is 0 Å². The Morgan fingerprint density at radius 2 is 1.53 bits per heavy atom. The molecule has 0 atom stereocenters. The fraction of sp³-hybridized carbons (Fsp3) is 0.429. The summed E-state index contributed by atoms with van der Waals surface area (Å²) in [6.07, 6.45) is 1.81. The maximum absolute atomic E-state index is 3.70. The van der Waals surface area contributed by atoms with Crippen molar-refractivity contribution < 1.29 is 0 Å². The largest absolute Gasteiger partial charge is 0.351 e. The van der Waals surface area contributed by atoms with Gasteiger partial charge in [-0.05, 0) is 24.8 Å². The van der Waals surface area contributed by atoms with E-state index in [4.69, 9.17) is 0 Å². The zero-order valence-electron chi connectivity index (χ0n) is 11.0. The van der Waals surface area contributed by atoms with Gasteiger partial charge in [-0.15, -0.1) is 0 Å². The van der Waals surface area contributed by atoms with E-state index in [9.17, 15) is 0 Å². The molecular formula is C14H25N. The van der Waals surface area contributed by atoms with Gasteiger partial charge in [-0.1, -0.05) is 52.5 Å². The van der Waals surface area contributed by atoms with Crippen molar-refractivity contribution in [3.05, 3.63) is 42.6 Å². The lowest BCUT2D eigenvalue weighted by atomic mass is 10.2. The van der Waals surface area contributed by atoms with Crippen LogP contribution < -0.4 is 4.90 Å². The molecule has 0 aromatic heterocycles. The van der Waals surface area contributed by atoms with Crippen LogP contribution >= 0.6 is 0 Å². The van der Waals surface area contributed by atoms with E-state index in [0.717, 1.165) is 0 Å². The van der Waals surface area contributed by atoms with Gasteiger partial charge in [-0.3, -0.25) is 0 Å². The molecule has 0 spiro atoms. The smallest absolute Gasteiger partial charge is 0.0432 e. The first kappa shape index (κ1) is 16.2. The summed E-state index contributed by atoms with van der Waals surface area (Å²) < 4.78 is 0. The first-order chi connectivity index (χ1) is 7.25. The quantitative estimate of drug-likeness (QED) is 0.683. The average molecular weight is 207 g/mol. The fourth-order valence-electron chi connectivity index (χ4n) is 1.06. The van der Waals surface area contributed by atoms with Gasteiger partial charge in [0, 0.05) is 12.7 Å². The van der Waals surface area contributed by atoms with Crippen LogP contribution in [0.15, 0.2) is 37.0 Å². The highest BCUT2D eigenvalue weighted by atomic mass is 15.1. The minimum Gasteiger partial charge on any atom is -0.351 e. The van der Waals surface area contributed by atoms with Crippen molar-refractivity contribution in [1.82, 2.24) is 0 Å². The van der Waals surface area contributed by atoms with Crippen LogP contribution in [0.2, 0.25) is 0 Å². The summed E-state index contributed by atoms with van der Waals surface area (Å²) in [7, 11) is 2.00. The standard InChI is InChI=1S/C10H13N.2C2H6/c1-4-11(3)10-8-6-5-7-9(10)2;2*1-2/h4-8H,1H2,2-3H3;2*1-2H3. The topological polar surface area (TPSA) is 3.24 Å². The van der Waals surface area contributed by atoms with Crippen molar-refractivity contribution >= 4 is 5.69 Å². The van der Waals surface area contributed by atoms with Gasteiger partial charge in [0.1, 0.15) is 0 Å². The van der Waals surface area contributed by atoms with E-state index in [2.05, 4.69) is 25.6 Å². The summed E-state index contributed by atoms with van der Waals surface area (Å²) in [5, 5.41) is 0. The molecule has 0 fully saturated rings. The second-order valence-corrected chi connectivity index (χ2v) is 2.58. The van der Waals surface area contributed by atoms with Gasteiger partial charge in [0.05, 0.1) is 0 Å². The second kappa shape index (κ2) is 10.8. The second-order valence-electron chi connectivity index (χ2n) is 2.58. The van der Waals surface area contributed by atoms with Gasteiger partial charge in [-0.2, -0.15) is 0 Å². The lowest BCUT2D eigenvalue weighted by molar-refractivity contribution is 1.18. The Labute approximate surface area is 95.4 Å². The lowest BCUT2D eigenvalue weighted by Crippen LogP contribution is -2.07. The van der Waals surface area contributed by atoms with Crippen molar-refractivity contribution in [2.24, 2.45) is 0 Å². The van der Waals surface area contributed by atoms with Crippen LogP contribution in [-0.2, 0) is 0 Å². The molecule has 1 aromatic rings. The summed E-state index contributed by atoms with van der Waals surface area (Å²) in [6, 6.07) is 8.24. The first-order valence-electron chi connectivity index (χ1n) is 5.66. The number of benzene rings is 1. The molecule has 1 heteroatoms. The van der Waals surface area contributed by atoms with Crippen molar-refractivity contribution in [3.8, 4) is 0 Å². The Balaban J connectivity index is 0. The predicted molar refractivity (Wildman–Crippen MR) is 72.5 cm³/mol. The lowest BCUT2D eigenvalue weighted by Gasteiger charge is -2.15. The molecule has 1 aromatic carbocycles. The van der Waals surface area contributed by atoms with E-state index in [1.807, 2.05) is 58.0 Å². The summed E-state index contributed by atoms with van der Waals surface area (Å²) in [5.41, 5.74) is 2.48. The molecule has 0 saturated heterocycles. The Kier molecular flexibility index (Phi) is 11.7. The molecule has 0 bridgehead atoms. The maximum atomic E-state index is 3.70. The molecular weight excluding hydrogens is 182 g/mol. The number of nitrogens with zero attached hydrogens (tertiary/aromatic N) is 1. The third kappa shape index (κ3) is 5.95. The molecule has 0 amide bonds. The Bertz CT molecular complexity index is 253. The van der Waals surface area contributed by atoms with Crippen LogP contribution in [0, 0.1) is 6.92 Å². The molecule has 1 nitrogen and oxygen atoms in total. The van der Waals surface area contributed by atoms with E-state index in [1.165, 1.54) is 11.3 Å². The summed E-state index contributed by atoms with van der Waals surface area (Å²) >= 11 is 0. The number of rotatable bonds is 2. The van der Waals surface area contributed by atoms with E-state index < -0.39 is 0 Å². The first-order valence-corrected chi connectivity index (χ1v) is 5.66. The zero-order valence-corrected chi connectivity index (χ0v) is 11.0. The summed E-state index contributed by atoms with van der Waals surface area (Å²) in [4.78, 5) is 2.01. The van der Waals surface area contributed by atoms with Crippen LogP contribution in [0.5, 0.6) is 0 Å². The third-order valence-corrected chi connectivity index (χ3v) is 1.77. The van der Waals surface area contributed by atoms with Crippen LogP contribution in [0.1, 0.15) is 33.3 Å². The molecule has 0 saturated carbocycles.